The molecule has 0 atom stereocenters. The van der Waals surface area contributed by atoms with E-state index in [0.717, 1.165) is 31.6 Å². The summed E-state index contributed by atoms with van der Waals surface area (Å²) in [7, 11) is 0. The van der Waals surface area contributed by atoms with Crippen molar-refractivity contribution in [1.82, 2.24) is 0 Å². The second-order valence-corrected chi connectivity index (χ2v) is 5.98. The highest BCUT2D eigenvalue weighted by Gasteiger charge is 2.38. The third-order valence-corrected chi connectivity index (χ3v) is 4.08. The Morgan fingerprint density at radius 1 is 1.27 bits per heavy atom. The van der Waals surface area contributed by atoms with Gasteiger partial charge in [-0.05, 0) is 30.9 Å². The summed E-state index contributed by atoms with van der Waals surface area (Å²) in [6.07, 6.45) is -3.18. The molecular formula is C16H16ClF3N2O4. The average Bonchev–Trinajstić information content (AvgIpc) is 2.54. The van der Waals surface area contributed by atoms with Crippen molar-refractivity contribution in [2.45, 2.75) is 25.4 Å². The van der Waals surface area contributed by atoms with Gasteiger partial charge in [0, 0.05) is 19.5 Å². The molecular weight excluding hydrogens is 377 g/mol. The molecule has 1 aromatic carbocycles. The van der Waals surface area contributed by atoms with Crippen LogP contribution in [0.1, 0.15) is 24.8 Å². The molecule has 6 nitrogen and oxygen atoms in total. The third-order valence-electron chi connectivity index (χ3n) is 3.76. The molecule has 0 saturated carbocycles. The quantitative estimate of drug-likeness (QED) is 0.815. The highest BCUT2D eigenvalue weighted by atomic mass is 35.5. The lowest BCUT2D eigenvalue weighted by molar-refractivity contribution is -0.192. The van der Waals surface area contributed by atoms with Crippen molar-refractivity contribution >= 4 is 29.2 Å². The first-order valence-corrected chi connectivity index (χ1v) is 7.89. The minimum Gasteiger partial charge on any atom is -0.481 e. The number of halogens is 4. The molecule has 10 heteroatoms. The molecule has 1 heterocycles. The van der Waals surface area contributed by atoms with E-state index in [1.165, 1.54) is 0 Å². The van der Waals surface area contributed by atoms with E-state index in [1.54, 1.807) is 6.07 Å². The third kappa shape index (κ3) is 6.44. The van der Waals surface area contributed by atoms with Crippen molar-refractivity contribution in [1.29, 1.82) is 5.26 Å². The Balaban J connectivity index is 0.000000412. The molecule has 2 rings (SSSR count). The van der Waals surface area contributed by atoms with Gasteiger partial charge < -0.3 is 15.1 Å². The van der Waals surface area contributed by atoms with Gasteiger partial charge in [0.25, 0.3) is 0 Å². The van der Waals surface area contributed by atoms with Crippen LogP contribution in [0.2, 0.25) is 5.02 Å². The second-order valence-electron chi connectivity index (χ2n) is 5.58. The number of carboxylic acid groups (broad SMARTS) is 2. The minimum atomic E-state index is -5.08. The van der Waals surface area contributed by atoms with E-state index in [-0.39, 0.29) is 12.3 Å². The molecule has 1 aliphatic rings. The number of nitrogens with zero attached hydrogens (tertiary/aromatic N) is 2. The Hall–Kier alpha value is -2.47. The molecule has 0 amide bonds. The summed E-state index contributed by atoms with van der Waals surface area (Å²) in [5.74, 6) is -3.26. The molecule has 1 fully saturated rings. The number of carboxylic acids is 2. The molecule has 0 aliphatic carbocycles. The predicted octanol–water partition coefficient (Wildman–Crippen LogP) is 3.54. The number of anilines is 1. The number of nitriles is 1. The Morgan fingerprint density at radius 3 is 2.23 bits per heavy atom. The number of hydrogen-bond donors (Lipinski definition) is 2. The molecule has 0 unspecified atom stereocenters. The molecule has 142 valence electrons. The number of carbonyl (C=O) groups is 2. The van der Waals surface area contributed by atoms with Crippen LogP contribution < -0.4 is 4.90 Å². The van der Waals surface area contributed by atoms with Crippen LogP contribution in [0.5, 0.6) is 0 Å². The van der Waals surface area contributed by atoms with Gasteiger partial charge in [-0.15, -0.1) is 0 Å². The smallest absolute Gasteiger partial charge is 0.481 e. The Morgan fingerprint density at radius 2 is 1.81 bits per heavy atom. The van der Waals surface area contributed by atoms with E-state index in [0.29, 0.717) is 10.6 Å². The summed E-state index contributed by atoms with van der Waals surface area (Å²) >= 11 is 6.02. The number of aliphatic carboxylic acids is 2. The molecule has 0 bridgehead atoms. The van der Waals surface area contributed by atoms with Crippen molar-refractivity contribution in [3.8, 4) is 6.07 Å². The predicted molar refractivity (Wildman–Crippen MR) is 87.0 cm³/mol. The molecule has 2 N–H and O–H groups in total. The summed E-state index contributed by atoms with van der Waals surface area (Å²) in [6.45, 7) is 1.54. The summed E-state index contributed by atoms with van der Waals surface area (Å²) in [5.41, 5.74) is 1.35. The van der Waals surface area contributed by atoms with Crippen molar-refractivity contribution in [3.63, 3.8) is 0 Å². The maximum atomic E-state index is 10.7. The van der Waals surface area contributed by atoms with Crippen LogP contribution in [0, 0.1) is 17.2 Å². The fourth-order valence-corrected chi connectivity index (χ4v) is 2.72. The number of piperidine rings is 1. The highest BCUT2D eigenvalue weighted by molar-refractivity contribution is 6.32. The van der Waals surface area contributed by atoms with E-state index >= 15 is 0 Å². The first-order valence-electron chi connectivity index (χ1n) is 7.51. The SMILES string of the molecule is N#Cc1c(Cl)cccc1N1CCC(CC(=O)O)CC1.O=C(O)C(F)(F)F. The van der Waals surface area contributed by atoms with Crippen molar-refractivity contribution in [2.75, 3.05) is 18.0 Å². The number of rotatable bonds is 3. The van der Waals surface area contributed by atoms with Gasteiger partial charge in [0.15, 0.2) is 0 Å². The Bertz CT molecular complexity index is 696. The maximum Gasteiger partial charge on any atom is 0.490 e. The fraction of sp³-hybridized carbons (Fsp3) is 0.438. The van der Waals surface area contributed by atoms with Crippen molar-refractivity contribution in [2.24, 2.45) is 5.92 Å². The van der Waals surface area contributed by atoms with Crippen molar-refractivity contribution < 1.29 is 33.0 Å². The molecule has 1 aromatic rings. The lowest BCUT2D eigenvalue weighted by Gasteiger charge is -2.33. The summed E-state index contributed by atoms with van der Waals surface area (Å²) in [4.78, 5) is 21.7. The van der Waals surface area contributed by atoms with Gasteiger partial charge in [0.05, 0.1) is 16.3 Å². The van der Waals surface area contributed by atoms with E-state index in [9.17, 15) is 18.0 Å². The highest BCUT2D eigenvalue weighted by Crippen LogP contribution is 2.30. The van der Waals surface area contributed by atoms with Crippen LogP contribution in [0.25, 0.3) is 0 Å². The molecule has 26 heavy (non-hydrogen) atoms. The van der Waals surface area contributed by atoms with E-state index in [4.69, 9.17) is 31.9 Å². The van der Waals surface area contributed by atoms with Crippen LogP contribution >= 0.6 is 11.6 Å². The van der Waals surface area contributed by atoms with Gasteiger partial charge in [0.1, 0.15) is 6.07 Å². The number of hydrogen-bond acceptors (Lipinski definition) is 4. The van der Waals surface area contributed by atoms with Gasteiger partial charge in [-0.1, -0.05) is 17.7 Å². The lowest BCUT2D eigenvalue weighted by Crippen LogP contribution is -2.34. The molecule has 0 aromatic heterocycles. The van der Waals surface area contributed by atoms with Crippen LogP contribution in [-0.2, 0) is 9.59 Å². The minimum absolute atomic E-state index is 0.231. The van der Waals surface area contributed by atoms with E-state index in [1.807, 2.05) is 12.1 Å². The second kappa shape index (κ2) is 9.29. The zero-order valence-corrected chi connectivity index (χ0v) is 14.2. The molecule has 1 aliphatic heterocycles. The Kier molecular flexibility index (Phi) is 7.71. The van der Waals surface area contributed by atoms with Gasteiger partial charge >= 0.3 is 18.1 Å². The maximum absolute atomic E-state index is 10.7. The lowest BCUT2D eigenvalue weighted by atomic mass is 9.93. The van der Waals surface area contributed by atoms with E-state index < -0.39 is 18.1 Å². The van der Waals surface area contributed by atoms with Crippen LogP contribution in [0.15, 0.2) is 18.2 Å². The number of alkyl halides is 3. The number of benzene rings is 1. The molecule has 1 saturated heterocycles. The topological polar surface area (TPSA) is 102 Å². The van der Waals surface area contributed by atoms with Gasteiger partial charge in [-0.3, -0.25) is 4.79 Å². The van der Waals surface area contributed by atoms with Gasteiger partial charge in [0.2, 0.25) is 0 Å². The normalized spacial score (nSPS) is 14.8. The standard InChI is InChI=1S/C14H15ClN2O2.C2HF3O2/c15-12-2-1-3-13(11(12)9-16)17-6-4-10(5-7-17)8-14(18)19;3-2(4,5)1(6)7/h1-3,10H,4-8H2,(H,18,19);(H,6,7). The summed E-state index contributed by atoms with van der Waals surface area (Å²) in [5, 5.41) is 25.5. The summed E-state index contributed by atoms with van der Waals surface area (Å²) < 4.78 is 31.7. The Labute approximate surface area is 152 Å². The fourth-order valence-electron chi connectivity index (χ4n) is 2.51. The zero-order chi connectivity index (χ0) is 19.9. The van der Waals surface area contributed by atoms with Crippen molar-refractivity contribution in [3.05, 3.63) is 28.8 Å². The first kappa shape index (κ1) is 21.6. The molecule has 0 spiro atoms. The largest absolute Gasteiger partial charge is 0.490 e. The zero-order valence-electron chi connectivity index (χ0n) is 13.5. The molecule has 0 radical (unpaired) electrons. The van der Waals surface area contributed by atoms with E-state index in [2.05, 4.69) is 11.0 Å². The van der Waals surface area contributed by atoms with Crippen LogP contribution in [0.3, 0.4) is 0 Å². The first-order chi connectivity index (χ1) is 12.1. The van der Waals surface area contributed by atoms with Crippen LogP contribution in [-0.4, -0.2) is 41.4 Å². The van der Waals surface area contributed by atoms with Gasteiger partial charge in [-0.2, -0.15) is 18.4 Å². The average molecular weight is 393 g/mol. The monoisotopic (exact) mass is 392 g/mol. The summed E-state index contributed by atoms with van der Waals surface area (Å²) in [6, 6.07) is 7.57. The van der Waals surface area contributed by atoms with Crippen LogP contribution in [0.4, 0.5) is 18.9 Å². The van der Waals surface area contributed by atoms with Gasteiger partial charge in [-0.25, -0.2) is 4.79 Å².